The molecule has 0 spiro atoms. The van der Waals surface area contributed by atoms with E-state index in [4.69, 9.17) is 0 Å². The van der Waals surface area contributed by atoms with E-state index in [0.29, 0.717) is 10.7 Å². The summed E-state index contributed by atoms with van der Waals surface area (Å²) in [5.41, 5.74) is 2.67. The number of aryl methyl sites for hydroxylation is 2. The Morgan fingerprint density at radius 2 is 1.62 bits per heavy atom. The fraction of sp³-hybridized carbons (Fsp3) is 0.571. The van der Waals surface area contributed by atoms with Gasteiger partial charge in [0.05, 0.1) is 0 Å². The van der Waals surface area contributed by atoms with Crippen molar-refractivity contribution in [2.75, 3.05) is 0 Å². The van der Waals surface area contributed by atoms with Gasteiger partial charge in [-0.05, 0) is 49.3 Å². The van der Waals surface area contributed by atoms with Crippen LogP contribution in [0.3, 0.4) is 0 Å². The molecule has 0 aliphatic heterocycles. The van der Waals surface area contributed by atoms with Crippen molar-refractivity contribution in [2.45, 2.75) is 45.4 Å². The molecule has 90 valence electrons. The Labute approximate surface area is 106 Å². The standard InChI is InChI=1S/C14H20BrF/c1-9(2)5-6-13(15)12-7-10(3)14(16)11(4)8-12/h7-9,13H,5-6H2,1-4H3. The van der Waals surface area contributed by atoms with E-state index in [1.54, 1.807) is 0 Å². The number of rotatable bonds is 4. The fourth-order valence-corrected chi connectivity index (χ4v) is 2.34. The van der Waals surface area contributed by atoms with Gasteiger partial charge in [-0.3, -0.25) is 0 Å². The van der Waals surface area contributed by atoms with E-state index in [1.807, 2.05) is 26.0 Å². The smallest absolute Gasteiger partial charge is 0.129 e. The topological polar surface area (TPSA) is 0 Å². The lowest BCUT2D eigenvalue weighted by Gasteiger charge is -2.14. The summed E-state index contributed by atoms with van der Waals surface area (Å²) >= 11 is 3.68. The van der Waals surface area contributed by atoms with Crippen LogP contribution < -0.4 is 0 Å². The van der Waals surface area contributed by atoms with Gasteiger partial charge in [0.25, 0.3) is 0 Å². The second kappa shape index (κ2) is 5.81. The third-order valence-corrected chi connectivity index (χ3v) is 3.80. The molecule has 0 aromatic heterocycles. The predicted molar refractivity (Wildman–Crippen MR) is 71.6 cm³/mol. The molecule has 0 radical (unpaired) electrons. The van der Waals surface area contributed by atoms with Crippen LogP contribution in [0.4, 0.5) is 4.39 Å². The molecule has 0 aliphatic rings. The number of hydrogen-bond donors (Lipinski definition) is 0. The summed E-state index contributed by atoms with van der Waals surface area (Å²) in [5, 5.41) is 0. The van der Waals surface area contributed by atoms with Gasteiger partial charge in [0.1, 0.15) is 5.82 Å². The third kappa shape index (κ3) is 3.58. The molecule has 0 nitrogen and oxygen atoms in total. The molecule has 1 rings (SSSR count). The molecule has 0 amide bonds. The maximum absolute atomic E-state index is 13.5. The van der Waals surface area contributed by atoms with Crippen molar-refractivity contribution < 1.29 is 4.39 Å². The van der Waals surface area contributed by atoms with Gasteiger partial charge in [-0.15, -0.1) is 0 Å². The first-order valence-corrected chi connectivity index (χ1v) is 6.74. The van der Waals surface area contributed by atoms with E-state index < -0.39 is 0 Å². The van der Waals surface area contributed by atoms with Crippen molar-refractivity contribution in [2.24, 2.45) is 5.92 Å². The molecule has 0 saturated heterocycles. The van der Waals surface area contributed by atoms with Crippen LogP contribution in [-0.2, 0) is 0 Å². The summed E-state index contributed by atoms with van der Waals surface area (Å²) in [6.45, 7) is 8.10. The fourth-order valence-electron chi connectivity index (χ4n) is 1.81. The van der Waals surface area contributed by atoms with Gasteiger partial charge in [-0.2, -0.15) is 0 Å². The van der Waals surface area contributed by atoms with Crippen LogP contribution >= 0.6 is 15.9 Å². The van der Waals surface area contributed by atoms with Gasteiger partial charge in [-0.1, -0.05) is 41.9 Å². The lowest BCUT2D eigenvalue weighted by Crippen LogP contribution is -1.97. The molecule has 1 aromatic carbocycles. The van der Waals surface area contributed by atoms with E-state index >= 15 is 0 Å². The van der Waals surface area contributed by atoms with Gasteiger partial charge in [-0.25, -0.2) is 4.39 Å². The lowest BCUT2D eigenvalue weighted by atomic mass is 9.99. The van der Waals surface area contributed by atoms with Crippen molar-refractivity contribution in [1.82, 2.24) is 0 Å². The molecule has 1 unspecified atom stereocenters. The lowest BCUT2D eigenvalue weighted by molar-refractivity contribution is 0.553. The van der Waals surface area contributed by atoms with Crippen LogP contribution in [0.2, 0.25) is 0 Å². The van der Waals surface area contributed by atoms with Gasteiger partial charge in [0.2, 0.25) is 0 Å². The molecule has 0 N–H and O–H groups in total. The minimum absolute atomic E-state index is 0.0766. The van der Waals surface area contributed by atoms with E-state index in [1.165, 1.54) is 12.0 Å². The Morgan fingerprint density at radius 1 is 1.12 bits per heavy atom. The van der Waals surface area contributed by atoms with Crippen LogP contribution in [0.1, 0.15) is 48.2 Å². The maximum atomic E-state index is 13.5. The highest BCUT2D eigenvalue weighted by atomic mass is 79.9. The minimum atomic E-state index is -0.0766. The van der Waals surface area contributed by atoms with Crippen molar-refractivity contribution in [1.29, 1.82) is 0 Å². The summed E-state index contributed by atoms with van der Waals surface area (Å²) in [6.07, 6.45) is 2.29. The number of benzene rings is 1. The third-order valence-electron chi connectivity index (χ3n) is 2.82. The molecule has 0 heterocycles. The zero-order valence-electron chi connectivity index (χ0n) is 10.5. The Hall–Kier alpha value is -0.370. The molecule has 2 heteroatoms. The van der Waals surface area contributed by atoms with Crippen LogP contribution in [-0.4, -0.2) is 0 Å². The molecule has 1 atom stereocenters. The summed E-state index contributed by atoms with van der Waals surface area (Å²) in [7, 11) is 0. The molecule has 0 saturated carbocycles. The summed E-state index contributed by atoms with van der Waals surface area (Å²) in [4.78, 5) is 0.341. The molecule has 0 bridgehead atoms. The Bertz CT molecular complexity index is 335. The highest BCUT2D eigenvalue weighted by Crippen LogP contribution is 2.31. The molecule has 0 aliphatic carbocycles. The zero-order valence-corrected chi connectivity index (χ0v) is 12.1. The Morgan fingerprint density at radius 3 is 2.06 bits per heavy atom. The number of alkyl halides is 1. The SMILES string of the molecule is Cc1cc(C(Br)CCC(C)C)cc(C)c1F. The quantitative estimate of drug-likeness (QED) is 0.658. The first-order chi connectivity index (χ1) is 7.41. The first kappa shape index (κ1) is 13.7. The second-order valence-electron chi connectivity index (χ2n) is 4.91. The highest BCUT2D eigenvalue weighted by molar-refractivity contribution is 9.09. The van der Waals surface area contributed by atoms with Crippen LogP contribution in [0.15, 0.2) is 12.1 Å². The molecular weight excluding hydrogens is 267 g/mol. The molecular formula is C14H20BrF. The van der Waals surface area contributed by atoms with E-state index in [2.05, 4.69) is 29.8 Å². The normalized spacial score (nSPS) is 13.2. The van der Waals surface area contributed by atoms with Crippen LogP contribution in [0, 0.1) is 25.6 Å². The van der Waals surface area contributed by atoms with Crippen molar-refractivity contribution in [3.05, 3.63) is 34.6 Å². The van der Waals surface area contributed by atoms with Gasteiger partial charge < -0.3 is 0 Å². The van der Waals surface area contributed by atoms with Gasteiger partial charge in [0.15, 0.2) is 0 Å². The Balaban J connectivity index is 2.80. The zero-order chi connectivity index (χ0) is 12.3. The molecule has 16 heavy (non-hydrogen) atoms. The number of halogens is 2. The molecule has 1 aromatic rings. The predicted octanol–water partition coefficient (Wildman–Crippen LogP) is 5.31. The van der Waals surface area contributed by atoms with E-state index in [0.717, 1.165) is 17.5 Å². The number of hydrogen-bond acceptors (Lipinski definition) is 0. The summed E-state index contributed by atoms with van der Waals surface area (Å²) in [5.74, 6) is 0.634. The Kier molecular flexibility index (Phi) is 4.97. The second-order valence-corrected chi connectivity index (χ2v) is 6.01. The monoisotopic (exact) mass is 286 g/mol. The summed E-state index contributed by atoms with van der Waals surface area (Å²) in [6, 6.07) is 3.89. The average Bonchev–Trinajstić information content (AvgIpc) is 2.21. The van der Waals surface area contributed by atoms with Crippen molar-refractivity contribution in [3.8, 4) is 0 Å². The van der Waals surface area contributed by atoms with E-state index in [9.17, 15) is 4.39 Å². The van der Waals surface area contributed by atoms with Crippen LogP contribution in [0.5, 0.6) is 0 Å². The molecule has 0 fully saturated rings. The van der Waals surface area contributed by atoms with Crippen molar-refractivity contribution >= 4 is 15.9 Å². The first-order valence-electron chi connectivity index (χ1n) is 5.82. The average molecular weight is 287 g/mol. The van der Waals surface area contributed by atoms with Crippen molar-refractivity contribution in [3.63, 3.8) is 0 Å². The highest BCUT2D eigenvalue weighted by Gasteiger charge is 2.11. The van der Waals surface area contributed by atoms with Gasteiger partial charge >= 0.3 is 0 Å². The van der Waals surface area contributed by atoms with Gasteiger partial charge in [0, 0.05) is 4.83 Å². The minimum Gasteiger partial charge on any atom is -0.206 e. The van der Waals surface area contributed by atoms with Crippen LogP contribution in [0.25, 0.3) is 0 Å². The van der Waals surface area contributed by atoms with E-state index in [-0.39, 0.29) is 5.82 Å². The maximum Gasteiger partial charge on any atom is 0.129 e. The largest absolute Gasteiger partial charge is 0.206 e. The summed E-state index contributed by atoms with van der Waals surface area (Å²) < 4.78 is 13.5.